The summed E-state index contributed by atoms with van der Waals surface area (Å²) in [4.78, 5) is 82.1. The lowest BCUT2D eigenvalue weighted by molar-refractivity contribution is -0.122. The Morgan fingerprint density at radius 1 is 0.511 bits per heavy atom. The fourth-order valence-corrected chi connectivity index (χ4v) is 16.7. The van der Waals surface area contributed by atoms with Gasteiger partial charge in [0, 0.05) is 80.4 Å². The summed E-state index contributed by atoms with van der Waals surface area (Å²) in [5.74, 6) is 5.79. The number of amides is 3. The van der Waals surface area contributed by atoms with E-state index < -0.39 is 0 Å². The smallest absolute Gasteiger partial charge is 0.283 e. The zero-order valence-electron chi connectivity index (χ0n) is 52.1. The van der Waals surface area contributed by atoms with E-state index in [1.165, 1.54) is 33.3 Å². The molecule has 10 saturated carbocycles. The molecule has 6 N–H and O–H groups in total. The Bertz CT molecular complexity index is 3520. The van der Waals surface area contributed by atoms with Crippen molar-refractivity contribution < 1.29 is 14.4 Å². The number of fused-ring (bicyclic) bond motifs is 6. The molecule has 23 heteroatoms. The SMILES string of the molecule is C[C@@H]1[C@H]2C[C@@H](C[C@H]1Nc1cnn(CCC(=O)NC3CC3)c(=O)c1Br)C2(C)C.C[C@@H]1[C@H]2C[C@@H](C[C@H]1Nc1cnn(CCC(=O)NCc3ccncc3)c(=O)c1Br)C2(C)C.C[C@@H]1[C@H]2C[C@@H](C[C@H]1Nc1cnn(CCC(=O)Nc3ccncc3)c(=O)c1Br)C2(C)C. The van der Waals surface area contributed by atoms with Gasteiger partial charge in [0.05, 0.1) is 55.3 Å². The van der Waals surface area contributed by atoms with Crippen LogP contribution in [0.4, 0.5) is 22.7 Å². The highest BCUT2D eigenvalue weighted by atomic mass is 79.9. The number of aryl methyl sites for hydroxylation is 3. The lowest BCUT2D eigenvalue weighted by atomic mass is 9.45. The Labute approximate surface area is 540 Å². The molecule has 0 radical (unpaired) electrons. The molecule has 0 aromatic carbocycles. The Morgan fingerprint density at radius 3 is 1.22 bits per heavy atom. The van der Waals surface area contributed by atoms with Crippen molar-refractivity contribution in [2.24, 2.45) is 69.5 Å². The van der Waals surface area contributed by atoms with Crippen LogP contribution in [-0.4, -0.2) is 81.2 Å². The predicted molar refractivity (Wildman–Crippen MR) is 352 cm³/mol. The van der Waals surface area contributed by atoms with Gasteiger partial charge in [-0.25, -0.2) is 14.0 Å². The quantitative estimate of drug-likeness (QED) is 0.0450. The third-order valence-electron chi connectivity index (χ3n) is 21.8. The summed E-state index contributed by atoms with van der Waals surface area (Å²) in [6.07, 6.45) is 21.8. The maximum atomic E-state index is 12.8. The first-order valence-corrected chi connectivity index (χ1v) is 33.9. The number of anilines is 4. The molecule has 5 aromatic heterocycles. The van der Waals surface area contributed by atoms with Crippen molar-refractivity contribution in [2.45, 2.75) is 183 Å². The molecule has 0 spiro atoms. The van der Waals surface area contributed by atoms with Gasteiger partial charge in [0.15, 0.2) is 0 Å². The molecular weight excluding hydrogens is 1310 g/mol. The van der Waals surface area contributed by atoms with E-state index in [0.717, 1.165) is 90.2 Å². The van der Waals surface area contributed by atoms with Crippen molar-refractivity contribution in [3.05, 3.63) is 118 Å². The molecule has 5 heterocycles. The van der Waals surface area contributed by atoms with Crippen LogP contribution in [0.25, 0.3) is 0 Å². The van der Waals surface area contributed by atoms with Crippen molar-refractivity contribution in [3.8, 4) is 0 Å². The summed E-state index contributed by atoms with van der Waals surface area (Å²) >= 11 is 10.3. The average Bonchev–Trinajstić information content (AvgIpc) is 1.63. The minimum absolute atomic E-state index is 0.0117. The molecule has 10 aliphatic rings. The summed E-state index contributed by atoms with van der Waals surface area (Å²) in [6, 6.07) is 8.56. The number of halogens is 3. The highest BCUT2D eigenvalue weighted by Gasteiger charge is 2.58. The van der Waals surface area contributed by atoms with Gasteiger partial charge >= 0.3 is 0 Å². The van der Waals surface area contributed by atoms with Crippen molar-refractivity contribution in [2.75, 3.05) is 21.3 Å². The van der Waals surface area contributed by atoms with E-state index in [0.29, 0.717) is 90.4 Å². The van der Waals surface area contributed by atoms with Crippen LogP contribution in [0, 0.1) is 69.5 Å². The van der Waals surface area contributed by atoms with Crippen LogP contribution in [0.1, 0.15) is 139 Å². The van der Waals surface area contributed by atoms with E-state index in [-0.39, 0.29) is 66.8 Å². The van der Waals surface area contributed by atoms with Gasteiger partial charge < -0.3 is 31.9 Å². The highest BCUT2D eigenvalue weighted by Crippen LogP contribution is 2.63. The van der Waals surface area contributed by atoms with Gasteiger partial charge in [0.1, 0.15) is 13.4 Å². The van der Waals surface area contributed by atoms with Crippen LogP contribution in [-0.2, 0) is 40.6 Å². The number of nitrogens with one attached hydrogen (secondary N) is 6. The number of hydrogen-bond acceptors (Lipinski definition) is 14. The van der Waals surface area contributed by atoms with Crippen LogP contribution >= 0.6 is 47.8 Å². The summed E-state index contributed by atoms with van der Waals surface area (Å²) in [7, 11) is 0. The van der Waals surface area contributed by atoms with E-state index in [4.69, 9.17) is 0 Å². The molecule has 474 valence electrons. The minimum atomic E-state index is -0.231. The zero-order valence-corrected chi connectivity index (χ0v) is 56.9. The molecule has 10 aliphatic carbocycles. The molecule has 0 unspecified atom stereocenters. The summed E-state index contributed by atoms with van der Waals surface area (Å²) in [5, 5.41) is 32.1. The third-order valence-corrected chi connectivity index (χ3v) is 24.1. The maximum absolute atomic E-state index is 12.8. The van der Waals surface area contributed by atoms with Crippen molar-refractivity contribution in [1.82, 2.24) is 49.9 Å². The van der Waals surface area contributed by atoms with Crippen LogP contribution < -0.4 is 48.6 Å². The monoisotopic (exact) mass is 1400 g/mol. The van der Waals surface area contributed by atoms with Gasteiger partial charge in [-0.1, -0.05) is 62.3 Å². The van der Waals surface area contributed by atoms with E-state index >= 15 is 0 Å². The first-order chi connectivity index (χ1) is 41.8. The largest absolute Gasteiger partial charge is 0.380 e. The Morgan fingerprint density at radius 2 is 0.864 bits per heavy atom. The topological polar surface area (TPSA) is 254 Å². The molecule has 15 rings (SSSR count). The number of rotatable bonds is 19. The number of aromatic nitrogens is 8. The normalized spacial score (nSPS) is 27.8. The summed E-state index contributed by atoms with van der Waals surface area (Å²) in [6.45, 7) is 22.4. The Hall–Kier alpha value is -5.81. The van der Waals surface area contributed by atoms with Gasteiger partial charge in [0.2, 0.25) is 17.7 Å². The molecule has 20 nitrogen and oxygen atoms in total. The van der Waals surface area contributed by atoms with E-state index in [2.05, 4.69) is 167 Å². The predicted octanol–water partition coefficient (Wildman–Crippen LogP) is 10.7. The van der Waals surface area contributed by atoms with Crippen molar-refractivity contribution in [3.63, 3.8) is 0 Å². The fraction of sp³-hybridized carbons (Fsp3) is 0.615. The zero-order chi connectivity index (χ0) is 63.0. The van der Waals surface area contributed by atoms with Gasteiger partial charge in [0.25, 0.3) is 16.7 Å². The summed E-state index contributed by atoms with van der Waals surface area (Å²) < 4.78 is 5.49. The number of carbonyl (C=O) groups is 3. The van der Waals surface area contributed by atoms with Crippen molar-refractivity contribution >= 4 is 88.3 Å². The number of carbonyl (C=O) groups excluding carboxylic acids is 3. The third kappa shape index (κ3) is 14.2. The number of nitrogens with zero attached hydrogens (tertiary/aromatic N) is 8. The van der Waals surface area contributed by atoms with Gasteiger partial charge in [-0.3, -0.25) is 38.7 Å². The molecule has 12 atom stereocenters. The average molecular weight is 1400 g/mol. The molecule has 6 bridgehead atoms. The molecule has 3 amide bonds. The van der Waals surface area contributed by atoms with E-state index in [1.54, 1.807) is 55.5 Å². The Kier molecular flexibility index (Phi) is 20.0. The van der Waals surface area contributed by atoms with Gasteiger partial charge in [-0.15, -0.1) is 0 Å². The minimum Gasteiger partial charge on any atom is -0.380 e. The van der Waals surface area contributed by atoms with Crippen LogP contribution in [0.2, 0.25) is 0 Å². The molecular formula is C65H87Br3N14O6. The first-order valence-electron chi connectivity index (χ1n) is 31.5. The molecule has 5 aromatic rings. The second-order valence-electron chi connectivity index (χ2n) is 27.8. The van der Waals surface area contributed by atoms with E-state index in [9.17, 15) is 28.8 Å². The Balaban J connectivity index is 0.000000146. The van der Waals surface area contributed by atoms with E-state index in [1.807, 2.05) is 12.1 Å². The lowest BCUT2D eigenvalue weighted by Gasteiger charge is -2.62. The standard InChI is InChI=1S/C23H30BrN5O2.C22H28BrN5O2.C20H29BrN4O2/c1-14-17-10-16(23(17,2)3)11-18(14)28-19-13-27-29(22(31)21(19)24)9-6-20(30)26-12-15-4-7-25-8-5-15;1-13-16-10-14(22(16,2)3)11-17(13)27-18-12-25-28(21(30)20(18)23)9-6-19(29)26-15-4-7-24-8-5-15;1-11-14-8-12(20(14,2)3)9-15(11)24-16-10-22-25(19(27)18(16)21)7-6-17(26)23-13-4-5-13/h4-5,7-8,13-14,16-18,28H,6,9-12H2,1-3H3,(H,26,30);4-5,7-8,12-14,16-17,27H,6,9-11H2,1-3H3,(H,24,26,29);10-15,24H,4-9H2,1-3H3,(H,23,26)/t14-,16+,17-,18-;13-,14+,16-,17-;11-,12+,14-,15-/m111/s1. The number of pyridine rings is 2. The second kappa shape index (κ2) is 26.9. The summed E-state index contributed by atoms with van der Waals surface area (Å²) in [5.41, 5.74) is 4.54. The fourth-order valence-electron chi connectivity index (χ4n) is 15.4. The maximum Gasteiger partial charge on any atom is 0.283 e. The van der Waals surface area contributed by atoms with Gasteiger partial charge in [-0.2, -0.15) is 15.3 Å². The van der Waals surface area contributed by atoms with Crippen LogP contribution in [0.3, 0.4) is 0 Å². The second-order valence-corrected chi connectivity index (χ2v) is 30.2. The molecule has 0 saturated heterocycles. The van der Waals surface area contributed by atoms with Crippen molar-refractivity contribution in [1.29, 1.82) is 0 Å². The molecule has 88 heavy (non-hydrogen) atoms. The lowest BCUT2D eigenvalue weighted by Crippen LogP contribution is -2.58. The first kappa shape index (κ1) is 65.2. The molecule has 0 aliphatic heterocycles. The number of hydrogen-bond donors (Lipinski definition) is 6. The van der Waals surface area contributed by atoms with Crippen LogP contribution in [0.5, 0.6) is 0 Å². The van der Waals surface area contributed by atoms with Gasteiger partial charge in [-0.05, 0) is 198 Å². The highest BCUT2D eigenvalue weighted by molar-refractivity contribution is 9.11. The van der Waals surface area contributed by atoms with Crippen LogP contribution in [0.15, 0.2) is 95.4 Å². The molecule has 10 fully saturated rings.